The zero-order valence-corrected chi connectivity index (χ0v) is 14.0. The molecule has 0 spiro atoms. The van der Waals surface area contributed by atoms with Gasteiger partial charge in [-0.15, -0.1) is 0 Å². The second-order valence-corrected chi connectivity index (χ2v) is 5.84. The van der Waals surface area contributed by atoms with Crippen molar-refractivity contribution in [1.29, 1.82) is 0 Å². The number of hydrogen-bond donors (Lipinski definition) is 1. The number of carbonyl (C=O) groups is 1. The summed E-state index contributed by atoms with van der Waals surface area (Å²) >= 11 is 0. The minimum Gasteiger partial charge on any atom is -0.486 e. The van der Waals surface area contributed by atoms with E-state index in [1.807, 2.05) is 38.1 Å². The first-order valence-electron chi connectivity index (χ1n) is 7.84. The molecule has 1 N–H and O–H groups in total. The Bertz CT molecular complexity index is 709. The Labute approximate surface area is 140 Å². The van der Waals surface area contributed by atoms with Crippen LogP contribution in [0.25, 0.3) is 0 Å². The molecule has 0 aliphatic carbocycles. The van der Waals surface area contributed by atoms with Crippen LogP contribution in [0.3, 0.4) is 0 Å². The summed E-state index contributed by atoms with van der Waals surface area (Å²) in [6.07, 6.45) is -0.199. The predicted octanol–water partition coefficient (Wildman–Crippen LogP) is 2.27. The van der Waals surface area contributed by atoms with Gasteiger partial charge in [-0.2, -0.15) is 0 Å². The summed E-state index contributed by atoms with van der Waals surface area (Å²) in [7, 11) is 1.73. The van der Waals surface area contributed by atoms with Crippen LogP contribution < -0.4 is 14.8 Å². The van der Waals surface area contributed by atoms with Crippen molar-refractivity contribution in [3.8, 4) is 11.5 Å². The van der Waals surface area contributed by atoms with Crippen LogP contribution in [0.4, 0.5) is 4.79 Å². The molecule has 0 saturated heterocycles. The summed E-state index contributed by atoms with van der Waals surface area (Å²) in [5, 5.41) is 6.74. The summed E-state index contributed by atoms with van der Waals surface area (Å²) in [4.78, 5) is 13.8. The van der Waals surface area contributed by atoms with Crippen molar-refractivity contribution in [3.63, 3.8) is 0 Å². The number of carbonyl (C=O) groups excluding carboxylic acids is 1. The highest BCUT2D eigenvalue weighted by Gasteiger charge is 2.23. The molecule has 1 aromatic heterocycles. The van der Waals surface area contributed by atoms with Crippen LogP contribution in [0.2, 0.25) is 0 Å². The molecule has 1 aromatic carbocycles. The van der Waals surface area contributed by atoms with E-state index >= 15 is 0 Å². The zero-order valence-electron chi connectivity index (χ0n) is 14.0. The molecule has 0 radical (unpaired) electrons. The third-order valence-electron chi connectivity index (χ3n) is 3.99. The van der Waals surface area contributed by atoms with E-state index in [-0.39, 0.29) is 12.1 Å². The monoisotopic (exact) mass is 331 g/mol. The van der Waals surface area contributed by atoms with Crippen molar-refractivity contribution in [1.82, 2.24) is 15.4 Å². The normalized spacial score (nSPS) is 15.9. The molecule has 0 saturated carbocycles. The van der Waals surface area contributed by atoms with Crippen molar-refractivity contribution in [2.75, 3.05) is 20.2 Å². The maximum Gasteiger partial charge on any atom is 0.317 e. The molecule has 1 atom stereocenters. The first kappa shape index (κ1) is 16.2. The molecule has 2 heterocycles. The highest BCUT2D eigenvalue weighted by atomic mass is 16.6. The van der Waals surface area contributed by atoms with Crippen LogP contribution in [0.15, 0.2) is 28.8 Å². The van der Waals surface area contributed by atoms with Crippen LogP contribution in [0, 0.1) is 13.8 Å². The van der Waals surface area contributed by atoms with E-state index in [4.69, 9.17) is 14.0 Å². The lowest BCUT2D eigenvalue weighted by molar-refractivity contribution is 0.0715. The predicted molar refractivity (Wildman–Crippen MR) is 87.2 cm³/mol. The molecular weight excluding hydrogens is 310 g/mol. The van der Waals surface area contributed by atoms with Gasteiger partial charge in [-0.25, -0.2) is 4.79 Å². The van der Waals surface area contributed by atoms with Crippen LogP contribution in [0.1, 0.15) is 17.0 Å². The van der Waals surface area contributed by atoms with Gasteiger partial charge in [-0.1, -0.05) is 17.3 Å². The van der Waals surface area contributed by atoms with Gasteiger partial charge in [0.05, 0.1) is 12.2 Å². The number of nitrogens with zero attached hydrogens (tertiary/aromatic N) is 2. The van der Waals surface area contributed by atoms with Gasteiger partial charge in [0.25, 0.3) is 0 Å². The number of likely N-dealkylation sites (N-methyl/N-ethyl adjacent to an activating group) is 1. The third kappa shape index (κ3) is 3.45. The number of ether oxygens (including phenoxy) is 2. The molecule has 1 unspecified atom stereocenters. The SMILES string of the molecule is Cc1noc(C)c1CNC(=O)N(C)CC1COc2ccccc2O1. The van der Waals surface area contributed by atoms with Gasteiger partial charge >= 0.3 is 6.03 Å². The highest BCUT2D eigenvalue weighted by molar-refractivity contribution is 5.73. The Morgan fingerprint density at radius 2 is 2.08 bits per heavy atom. The Balaban J connectivity index is 1.52. The molecule has 7 heteroatoms. The first-order valence-corrected chi connectivity index (χ1v) is 7.84. The Morgan fingerprint density at radius 1 is 1.33 bits per heavy atom. The zero-order chi connectivity index (χ0) is 17.1. The van der Waals surface area contributed by atoms with Crippen LogP contribution in [-0.2, 0) is 6.54 Å². The maximum atomic E-state index is 12.2. The lowest BCUT2D eigenvalue weighted by Crippen LogP contribution is -2.45. The summed E-state index contributed by atoms with van der Waals surface area (Å²) in [5.41, 5.74) is 1.69. The maximum absolute atomic E-state index is 12.2. The molecule has 1 aliphatic rings. The number of hydrogen-bond acceptors (Lipinski definition) is 5. The van der Waals surface area contributed by atoms with Gasteiger partial charge in [0.15, 0.2) is 17.6 Å². The fourth-order valence-electron chi connectivity index (χ4n) is 2.59. The summed E-state index contributed by atoms with van der Waals surface area (Å²) < 4.78 is 16.6. The lowest BCUT2D eigenvalue weighted by Gasteiger charge is -2.29. The first-order chi connectivity index (χ1) is 11.5. The average molecular weight is 331 g/mol. The molecule has 0 fully saturated rings. The highest BCUT2D eigenvalue weighted by Crippen LogP contribution is 2.30. The van der Waals surface area contributed by atoms with Gasteiger partial charge in [-0.05, 0) is 26.0 Å². The number of para-hydroxylation sites is 2. The smallest absolute Gasteiger partial charge is 0.317 e. The lowest BCUT2D eigenvalue weighted by atomic mass is 10.2. The third-order valence-corrected chi connectivity index (χ3v) is 3.99. The summed E-state index contributed by atoms with van der Waals surface area (Å²) in [6.45, 7) is 4.91. The fourth-order valence-corrected chi connectivity index (χ4v) is 2.59. The number of benzene rings is 1. The van der Waals surface area contributed by atoms with Crippen molar-refractivity contribution < 1.29 is 18.8 Å². The summed E-state index contributed by atoms with van der Waals surface area (Å²) in [5.74, 6) is 2.16. The van der Waals surface area contributed by atoms with E-state index in [9.17, 15) is 4.79 Å². The van der Waals surface area contributed by atoms with Gasteiger partial charge < -0.3 is 24.2 Å². The molecular formula is C17H21N3O4. The fraction of sp³-hybridized carbons (Fsp3) is 0.412. The van der Waals surface area contributed by atoms with E-state index in [2.05, 4.69) is 10.5 Å². The molecule has 0 bridgehead atoms. The van der Waals surface area contributed by atoms with Gasteiger partial charge in [0.2, 0.25) is 0 Å². The van der Waals surface area contributed by atoms with Crippen LogP contribution in [-0.4, -0.2) is 42.4 Å². The van der Waals surface area contributed by atoms with E-state index in [1.54, 1.807) is 11.9 Å². The molecule has 2 amide bonds. The topological polar surface area (TPSA) is 76.8 Å². The molecule has 7 nitrogen and oxygen atoms in total. The molecule has 2 aromatic rings. The number of nitrogens with one attached hydrogen (secondary N) is 1. The van der Waals surface area contributed by atoms with E-state index in [0.29, 0.717) is 25.4 Å². The average Bonchev–Trinajstić information content (AvgIpc) is 2.90. The van der Waals surface area contributed by atoms with Gasteiger partial charge in [-0.3, -0.25) is 0 Å². The minimum atomic E-state index is -0.199. The largest absolute Gasteiger partial charge is 0.486 e. The number of amides is 2. The Hall–Kier alpha value is -2.70. The van der Waals surface area contributed by atoms with Crippen molar-refractivity contribution in [3.05, 3.63) is 41.3 Å². The van der Waals surface area contributed by atoms with Crippen LogP contribution >= 0.6 is 0 Å². The molecule has 3 rings (SSSR count). The second kappa shape index (κ2) is 6.82. The van der Waals surface area contributed by atoms with Crippen molar-refractivity contribution >= 4 is 6.03 Å². The minimum absolute atomic E-state index is 0.183. The van der Waals surface area contributed by atoms with Gasteiger partial charge in [0.1, 0.15) is 12.4 Å². The van der Waals surface area contributed by atoms with E-state index in [1.165, 1.54) is 0 Å². The van der Waals surface area contributed by atoms with E-state index in [0.717, 1.165) is 22.8 Å². The quantitative estimate of drug-likeness (QED) is 0.930. The number of rotatable bonds is 4. The second-order valence-electron chi connectivity index (χ2n) is 5.84. The molecule has 128 valence electrons. The van der Waals surface area contributed by atoms with Gasteiger partial charge in [0, 0.05) is 19.2 Å². The van der Waals surface area contributed by atoms with E-state index < -0.39 is 0 Å². The van der Waals surface area contributed by atoms with Crippen molar-refractivity contribution in [2.45, 2.75) is 26.5 Å². The number of aryl methyl sites for hydroxylation is 2. The Kier molecular flexibility index (Phi) is 4.59. The van der Waals surface area contributed by atoms with Crippen LogP contribution in [0.5, 0.6) is 11.5 Å². The molecule has 1 aliphatic heterocycles. The summed E-state index contributed by atoms with van der Waals surface area (Å²) in [6, 6.07) is 7.34. The van der Waals surface area contributed by atoms with Crippen molar-refractivity contribution in [2.24, 2.45) is 0 Å². The number of urea groups is 1. The number of fused-ring (bicyclic) bond motifs is 1. The Morgan fingerprint density at radius 3 is 2.79 bits per heavy atom. The standard InChI is InChI=1S/C17H21N3O4/c1-11-14(12(2)24-19-11)8-18-17(21)20(3)9-13-10-22-15-6-4-5-7-16(15)23-13/h4-7,13H,8-10H2,1-3H3,(H,18,21). The molecule has 24 heavy (non-hydrogen) atoms. The number of aromatic nitrogens is 1.